The van der Waals surface area contributed by atoms with Crippen molar-refractivity contribution in [3.8, 4) is 0 Å². The van der Waals surface area contributed by atoms with Crippen LogP contribution in [0.2, 0.25) is 0 Å². The summed E-state index contributed by atoms with van der Waals surface area (Å²) < 4.78 is 5.17. The minimum Gasteiger partial charge on any atom is -0.345 e. The fourth-order valence-electron chi connectivity index (χ4n) is 1.80. The van der Waals surface area contributed by atoms with Crippen molar-refractivity contribution < 1.29 is 9.32 Å². The molecule has 7 heteroatoms. The molecule has 0 aliphatic carbocycles. The van der Waals surface area contributed by atoms with Gasteiger partial charge in [0.1, 0.15) is 6.04 Å². The van der Waals surface area contributed by atoms with Crippen molar-refractivity contribution in [1.82, 2.24) is 15.5 Å². The number of hydrogen-bond acceptors (Lipinski definition) is 5. The first kappa shape index (κ1) is 17.1. The average molecular weight is 311 g/mol. The maximum absolute atomic E-state index is 11.4. The SMILES string of the molecule is CC(NC(=O)CCN)c1nc(Cc2ccccc2)no1.Cl. The van der Waals surface area contributed by atoms with Crippen LogP contribution in [0.3, 0.4) is 0 Å². The molecule has 2 aromatic rings. The fraction of sp³-hybridized carbons (Fsp3) is 0.357. The maximum atomic E-state index is 11.4. The van der Waals surface area contributed by atoms with E-state index in [0.717, 1.165) is 5.56 Å². The first-order chi connectivity index (χ1) is 9.69. The number of carbonyl (C=O) groups is 1. The van der Waals surface area contributed by atoms with Gasteiger partial charge < -0.3 is 15.6 Å². The smallest absolute Gasteiger partial charge is 0.248 e. The third kappa shape index (κ3) is 5.17. The average Bonchev–Trinajstić information content (AvgIpc) is 2.89. The van der Waals surface area contributed by atoms with Crippen LogP contribution in [0.15, 0.2) is 34.9 Å². The number of aromatic nitrogens is 2. The zero-order valence-electron chi connectivity index (χ0n) is 11.8. The number of carbonyl (C=O) groups excluding carboxylic acids is 1. The van der Waals surface area contributed by atoms with Crippen molar-refractivity contribution in [2.75, 3.05) is 6.54 Å². The Balaban J connectivity index is 0.00000220. The second kappa shape index (κ2) is 8.39. The second-order valence-electron chi connectivity index (χ2n) is 4.54. The first-order valence-electron chi connectivity index (χ1n) is 6.55. The highest BCUT2D eigenvalue weighted by Gasteiger charge is 2.16. The van der Waals surface area contributed by atoms with Crippen LogP contribution in [0.25, 0.3) is 0 Å². The molecular formula is C14H19ClN4O2. The topological polar surface area (TPSA) is 94.0 Å². The lowest BCUT2D eigenvalue weighted by molar-refractivity contribution is -0.121. The van der Waals surface area contributed by atoms with Crippen molar-refractivity contribution in [2.45, 2.75) is 25.8 Å². The summed E-state index contributed by atoms with van der Waals surface area (Å²) in [4.78, 5) is 15.7. The van der Waals surface area contributed by atoms with Gasteiger partial charge in [-0.05, 0) is 12.5 Å². The van der Waals surface area contributed by atoms with Gasteiger partial charge in [-0.3, -0.25) is 4.79 Å². The Hall–Kier alpha value is -1.92. The normalized spacial score (nSPS) is 11.5. The van der Waals surface area contributed by atoms with Gasteiger partial charge in [0.05, 0.1) is 0 Å². The number of hydrogen-bond donors (Lipinski definition) is 2. The summed E-state index contributed by atoms with van der Waals surface area (Å²) >= 11 is 0. The molecule has 0 spiro atoms. The molecule has 1 atom stereocenters. The molecule has 0 bridgehead atoms. The number of amides is 1. The van der Waals surface area contributed by atoms with E-state index in [9.17, 15) is 4.79 Å². The third-order valence-corrected chi connectivity index (χ3v) is 2.81. The van der Waals surface area contributed by atoms with Crippen LogP contribution in [-0.4, -0.2) is 22.6 Å². The van der Waals surface area contributed by atoms with Crippen LogP contribution >= 0.6 is 12.4 Å². The second-order valence-corrected chi connectivity index (χ2v) is 4.54. The minimum absolute atomic E-state index is 0. The first-order valence-corrected chi connectivity index (χ1v) is 6.55. The van der Waals surface area contributed by atoms with E-state index in [1.54, 1.807) is 6.92 Å². The Bertz CT molecular complexity index is 559. The fourth-order valence-corrected chi connectivity index (χ4v) is 1.80. The Kier molecular flexibility index (Phi) is 6.84. The Morgan fingerprint density at radius 3 is 2.76 bits per heavy atom. The summed E-state index contributed by atoms with van der Waals surface area (Å²) in [5.41, 5.74) is 6.43. The van der Waals surface area contributed by atoms with E-state index in [1.807, 2.05) is 30.3 Å². The Morgan fingerprint density at radius 1 is 1.38 bits per heavy atom. The summed E-state index contributed by atoms with van der Waals surface area (Å²) in [5, 5.41) is 6.68. The van der Waals surface area contributed by atoms with Crippen LogP contribution in [0, 0.1) is 0 Å². The van der Waals surface area contributed by atoms with Gasteiger partial charge in [0.25, 0.3) is 0 Å². The predicted octanol–water partition coefficient (Wildman–Crippen LogP) is 1.61. The molecule has 1 aromatic heterocycles. The van der Waals surface area contributed by atoms with Gasteiger partial charge in [-0.25, -0.2) is 0 Å². The van der Waals surface area contributed by atoms with Gasteiger partial charge in [-0.15, -0.1) is 12.4 Å². The van der Waals surface area contributed by atoms with Crippen molar-refractivity contribution in [3.63, 3.8) is 0 Å². The van der Waals surface area contributed by atoms with E-state index < -0.39 is 0 Å². The number of rotatable bonds is 6. The van der Waals surface area contributed by atoms with Gasteiger partial charge in [0, 0.05) is 19.4 Å². The van der Waals surface area contributed by atoms with E-state index in [2.05, 4.69) is 15.5 Å². The summed E-state index contributed by atoms with van der Waals surface area (Å²) in [6.07, 6.45) is 0.892. The molecule has 1 aromatic carbocycles. The molecule has 21 heavy (non-hydrogen) atoms. The van der Waals surface area contributed by atoms with Gasteiger partial charge >= 0.3 is 0 Å². The molecule has 1 amide bonds. The van der Waals surface area contributed by atoms with Gasteiger partial charge in [-0.1, -0.05) is 35.5 Å². The van der Waals surface area contributed by atoms with Crippen LogP contribution in [0.5, 0.6) is 0 Å². The molecule has 0 fully saturated rings. The molecule has 1 heterocycles. The van der Waals surface area contributed by atoms with Crippen LogP contribution in [-0.2, 0) is 11.2 Å². The predicted molar refractivity (Wildman–Crippen MR) is 81.0 cm³/mol. The number of nitrogens with zero attached hydrogens (tertiary/aromatic N) is 2. The van der Waals surface area contributed by atoms with Gasteiger partial charge in [0.2, 0.25) is 11.8 Å². The van der Waals surface area contributed by atoms with E-state index in [-0.39, 0.29) is 30.8 Å². The summed E-state index contributed by atoms with van der Waals surface area (Å²) in [6.45, 7) is 2.12. The molecule has 0 saturated carbocycles. The van der Waals surface area contributed by atoms with Crippen molar-refractivity contribution >= 4 is 18.3 Å². The molecule has 3 N–H and O–H groups in total. The summed E-state index contributed by atoms with van der Waals surface area (Å²) in [6, 6.07) is 9.58. The number of nitrogens with one attached hydrogen (secondary N) is 1. The largest absolute Gasteiger partial charge is 0.345 e. The number of benzene rings is 1. The molecule has 114 valence electrons. The van der Waals surface area contributed by atoms with Gasteiger partial charge in [-0.2, -0.15) is 4.98 Å². The van der Waals surface area contributed by atoms with Gasteiger partial charge in [0.15, 0.2) is 5.82 Å². The van der Waals surface area contributed by atoms with E-state index in [1.165, 1.54) is 0 Å². The number of nitrogens with two attached hydrogens (primary N) is 1. The van der Waals surface area contributed by atoms with Crippen LogP contribution in [0.1, 0.15) is 36.7 Å². The quantitative estimate of drug-likeness (QED) is 0.845. The molecule has 0 radical (unpaired) electrons. The van der Waals surface area contributed by atoms with Crippen molar-refractivity contribution in [1.29, 1.82) is 0 Å². The monoisotopic (exact) mass is 310 g/mol. The van der Waals surface area contributed by atoms with E-state index >= 15 is 0 Å². The Morgan fingerprint density at radius 2 is 2.10 bits per heavy atom. The zero-order chi connectivity index (χ0) is 14.4. The van der Waals surface area contributed by atoms with Crippen molar-refractivity contribution in [2.24, 2.45) is 5.73 Å². The molecule has 2 rings (SSSR count). The molecule has 0 aliphatic rings. The molecule has 0 aliphatic heterocycles. The molecule has 0 saturated heterocycles. The molecular weight excluding hydrogens is 292 g/mol. The standard InChI is InChI=1S/C14H18N4O2.ClH/c1-10(16-13(19)7-8-15)14-17-12(18-20-14)9-11-5-3-2-4-6-11;/h2-6,10H,7-9,15H2,1H3,(H,16,19);1H. The van der Waals surface area contributed by atoms with Crippen molar-refractivity contribution in [3.05, 3.63) is 47.6 Å². The Labute approximate surface area is 129 Å². The molecule has 6 nitrogen and oxygen atoms in total. The van der Waals surface area contributed by atoms with Crippen LogP contribution < -0.4 is 11.1 Å². The minimum atomic E-state index is -0.314. The van der Waals surface area contributed by atoms with Crippen LogP contribution in [0.4, 0.5) is 0 Å². The lowest BCUT2D eigenvalue weighted by Crippen LogP contribution is -2.28. The van der Waals surface area contributed by atoms with E-state index in [0.29, 0.717) is 24.7 Å². The maximum Gasteiger partial charge on any atom is 0.248 e. The highest BCUT2D eigenvalue weighted by Crippen LogP contribution is 2.12. The lowest BCUT2D eigenvalue weighted by Gasteiger charge is -2.08. The highest BCUT2D eigenvalue weighted by molar-refractivity contribution is 5.85. The summed E-state index contributed by atoms with van der Waals surface area (Å²) in [5.74, 6) is 0.884. The summed E-state index contributed by atoms with van der Waals surface area (Å²) in [7, 11) is 0. The highest BCUT2D eigenvalue weighted by atomic mass is 35.5. The number of halogens is 1. The third-order valence-electron chi connectivity index (χ3n) is 2.81. The molecule has 1 unspecified atom stereocenters. The van der Waals surface area contributed by atoms with E-state index in [4.69, 9.17) is 10.3 Å². The lowest BCUT2D eigenvalue weighted by atomic mass is 10.1. The zero-order valence-corrected chi connectivity index (χ0v) is 12.6.